The summed E-state index contributed by atoms with van der Waals surface area (Å²) in [5.74, 6) is 0.588. The predicted molar refractivity (Wildman–Crippen MR) is 78.9 cm³/mol. The van der Waals surface area contributed by atoms with Gasteiger partial charge in [0.25, 0.3) is 0 Å². The van der Waals surface area contributed by atoms with Gasteiger partial charge in [0, 0.05) is 18.8 Å². The van der Waals surface area contributed by atoms with Crippen LogP contribution in [0.25, 0.3) is 0 Å². The summed E-state index contributed by atoms with van der Waals surface area (Å²) in [7, 11) is 0. The predicted octanol–water partition coefficient (Wildman–Crippen LogP) is 1.17. The van der Waals surface area contributed by atoms with Gasteiger partial charge in [0.1, 0.15) is 10.7 Å². The van der Waals surface area contributed by atoms with Gasteiger partial charge >= 0.3 is 0 Å². The molecule has 100 valence electrons. The van der Waals surface area contributed by atoms with Gasteiger partial charge < -0.3 is 16.0 Å². The third kappa shape index (κ3) is 4.54. The first kappa shape index (κ1) is 14.8. The number of aryl methyl sites for hydroxylation is 1. The van der Waals surface area contributed by atoms with Crippen LogP contribution in [0.3, 0.4) is 0 Å². The highest BCUT2D eigenvalue weighted by molar-refractivity contribution is 7.80. The first-order chi connectivity index (χ1) is 8.56. The number of thiocarbonyl (C=S) groups is 1. The molecule has 0 radical (unpaired) electrons. The Bertz CT molecular complexity index is 403. The Morgan fingerprint density at radius 3 is 2.61 bits per heavy atom. The molecule has 1 rings (SSSR count). The van der Waals surface area contributed by atoms with E-state index >= 15 is 0 Å². The molecular weight excluding hydrogens is 246 g/mol. The first-order valence-corrected chi connectivity index (χ1v) is 6.59. The summed E-state index contributed by atoms with van der Waals surface area (Å²) in [6.07, 6.45) is 0. The molecule has 0 saturated heterocycles. The molecule has 0 aliphatic rings. The fourth-order valence-electron chi connectivity index (χ4n) is 1.64. The minimum absolute atomic E-state index is 0.298. The number of rotatable bonds is 7. The molecule has 18 heavy (non-hydrogen) atoms. The molecule has 1 aromatic rings. The quantitative estimate of drug-likeness (QED) is 0.723. The van der Waals surface area contributed by atoms with Gasteiger partial charge in [0.05, 0.1) is 0 Å². The van der Waals surface area contributed by atoms with E-state index in [1.807, 2.05) is 6.92 Å². The molecule has 6 heteroatoms. The number of nitrogens with one attached hydrogen (secondary N) is 1. The van der Waals surface area contributed by atoms with Gasteiger partial charge in [-0.15, -0.1) is 0 Å². The Balaban J connectivity index is 2.59. The van der Waals surface area contributed by atoms with Crippen molar-refractivity contribution < 1.29 is 0 Å². The van der Waals surface area contributed by atoms with Gasteiger partial charge in [0.15, 0.2) is 0 Å². The van der Waals surface area contributed by atoms with Gasteiger partial charge in [-0.25, -0.2) is 9.97 Å². The van der Waals surface area contributed by atoms with Gasteiger partial charge in [-0.3, -0.25) is 0 Å². The summed E-state index contributed by atoms with van der Waals surface area (Å²) in [6, 6.07) is 1.79. The lowest BCUT2D eigenvalue weighted by atomic mass is 10.3. The second kappa shape index (κ2) is 7.23. The van der Waals surface area contributed by atoms with Crippen molar-refractivity contribution >= 4 is 23.2 Å². The van der Waals surface area contributed by atoms with E-state index in [4.69, 9.17) is 18.0 Å². The second-order valence-corrected chi connectivity index (χ2v) is 4.48. The highest BCUT2D eigenvalue weighted by atomic mass is 32.1. The van der Waals surface area contributed by atoms with Crippen molar-refractivity contribution in [2.75, 3.05) is 31.5 Å². The van der Waals surface area contributed by atoms with Gasteiger partial charge in [0.2, 0.25) is 5.95 Å². The summed E-state index contributed by atoms with van der Waals surface area (Å²) >= 11 is 4.92. The topological polar surface area (TPSA) is 67.1 Å². The van der Waals surface area contributed by atoms with Crippen molar-refractivity contribution in [3.05, 3.63) is 17.5 Å². The van der Waals surface area contributed by atoms with Crippen molar-refractivity contribution in [2.24, 2.45) is 5.73 Å². The number of likely N-dealkylation sites (N-methyl/N-ethyl adjacent to an activating group) is 1. The van der Waals surface area contributed by atoms with Crippen molar-refractivity contribution in [1.29, 1.82) is 0 Å². The summed E-state index contributed by atoms with van der Waals surface area (Å²) in [5, 5.41) is 3.20. The van der Waals surface area contributed by atoms with Gasteiger partial charge in [-0.1, -0.05) is 26.1 Å². The average molecular weight is 267 g/mol. The molecule has 0 fully saturated rings. The molecule has 0 amide bonds. The molecule has 0 aromatic carbocycles. The molecule has 1 heterocycles. The molecule has 0 spiro atoms. The van der Waals surface area contributed by atoms with Crippen LogP contribution in [-0.2, 0) is 0 Å². The van der Waals surface area contributed by atoms with Crippen LogP contribution in [0.2, 0.25) is 0 Å². The van der Waals surface area contributed by atoms with E-state index in [0.29, 0.717) is 16.6 Å². The third-order valence-corrected chi connectivity index (χ3v) is 2.92. The normalized spacial score (nSPS) is 10.7. The fraction of sp³-hybridized carbons (Fsp3) is 0.583. The molecule has 0 aliphatic heterocycles. The van der Waals surface area contributed by atoms with Gasteiger partial charge in [-0.05, 0) is 26.1 Å². The number of nitrogens with two attached hydrogens (primary N) is 1. The number of anilines is 1. The lowest BCUT2D eigenvalue weighted by molar-refractivity contribution is 0.316. The van der Waals surface area contributed by atoms with Crippen molar-refractivity contribution in [3.8, 4) is 0 Å². The molecule has 5 nitrogen and oxygen atoms in total. The Labute approximate surface area is 114 Å². The van der Waals surface area contributed by atoms with Crippen LogP contribution in [-0.4, -0.2) is 46.0 Å². The van der Waals surface area contributed by atoms with E-state index in [-0.39, 0.29) is 0 Å². The van der Waals surface area contributed by atoms with E-state index in [1.54, 1.807) is 6.07 Å². The van der Waals surface area contributed by atoms with E-state index in [2.05, 4.69) is 34.0 Å². The maximum atomic E-state index is 5.58. The highest BCUT2D eigenvalue weighted by Gasteiger charge is 2.04. The number of hydrogen-bond acceptors (Lipinski definition) is 5. The van der Waals surface area contributed by atoms with Crippen LogP contribution < -0.4 is 11.1 Å². The van der Waals surface area contributed by atoms with Crippen molar-refractivity contribution in [2.45, 2.75) is 20.8 Å². The average Bonchev–Trinajstić information content (AvgIpc) is 2.34. The minimum Gasteiger partial charge on any atom is -0.388 e. The van der Waals surface area contributed by atoms with E-state index in [1.165, 1.54) is 0 Å². The smallest absolute Gasteiger partial charge is 0.223 e. The van der Waals surface area contributed by atoms with Gasteiger partial charge in [-0.2, -0.15) is 0 Å². The summed E-state index contributed by atoms with van der Waals surface area (Å²) in [4.78, 5) is 11.2. The Morgan fingerprint density at radius 2 is 2.06 bits per heavy atom. The molecular formula is C12H21N5S. The Morgan fingerprint density at radius 1 is 1.39 bits per heavy atom. The first-order valence-electron chi connectivity index (χ1n) is 6.18. The monoisotopic (exact) mass is 267 g/mol. The summed E-state index contributed by atoms with van der Waals surface area (Å²) in [6.45, 7) is 10.1. The van der Waals surface area contributed by atoms with Crippen LogP contribution in [0.4, 0.5) is 5.95 Å². The van der Waals surface area contributed by atoms with Crippen LogP contribution in [0.1, 0.15) is 25.2 Å². The van der Waals surface area contributed by atoms with E-state index in [9.17, 15) is 0 Å². The zero-order chi connectivity index (χ0) is 13.5. The molecule has 0 bridgehead atoms. The lowest BCUT2D eigenvalue weighted by Crippen LogP contribution is -2.29. The van der Waals surface area contributed by atoms with E-state index in [0.717, 1.165) is 31.9 Å². The maximum absolute atomic E-state index is 5.58. The lowest BCUT2D eigenvalue weighted by Gasteiger charge is -2.18. The Kier molecular flexibility index (Phi) is 5.94. The van der Waals surface area contributed by atoms with Crippen LogP contribution in [0.15, 0.2) is 6.07 Å². The molecule has 0 saturated carbocycles. The Hall–Kier alpha value is -1.27. The third-order valence-electron chi connectivity index (χ3n) is 2.71. The van der Waals surface area contributed by atoms with Crippen LogP contribution in [0, 0.1) is 6.92 Å². The number of nitrogens with zero attached hydrogens (tertiary/aromatic N) is 3. The maximum Gasteiger partial charge on any atom is 0.223 e. The standard InChI is InChI=1S/C12H21N5S/c1-4-17(5-2)7-6-14-12-15-9(3)8-10(16-12)11(13)18/h8H,4-7H2,1-3H3,(H2,13,18)(H,14,15,16). The molecule has 0 atom stereocenters. The minimum atomic E-state index is 0.298. The molecule has 0 unspecified atom stereocenters. The second-order valence-electron chi connectivity index (χ2n) is 4.04. The van der Waals surface area contributed by atoms with Crippen LogP contribution >= 0.6 is 12.2 Å². The van der Waals surface area contributed by atoms with E-state index < -0.39 is 0 Å². The van der Waals surface area contributed by atoms with Crippen molar-refractivity contribution in [1.82, 2.24) is 14.9 Å². The summed E-state index contributed by atoms with van der Waals surface area (Å²) < 4.78 is 0. The number of hydrogen-bond donors (Lipinski definition) is 2. The van der Waals surface area contributed by atoms with Crippen LogP contribution in [0.5, 0.6) is 0 Å². The molecule has 1 aromatic heterocycles. The SMILES string of the molecule is CCN(CC)CCNc1nc(C)cc(C(N)=S)n1. The zero-order valence-corrected chi connectivity index (χ0v) is 12.0. The fourth-order valence-corrected chi connectivity index (χ4v) is 1.74. The number of aromatic nitrogens is 2. The largest absolute Gasteiger partial charge is 0.388 e. The zero-order valence-electron chi connectivity index (χ0n) is 11.2. The van der Waals surface area contributed by atoms with Crippen molar-refractivity contribution in [3.63, 3.8) is 0 Å². The molecule has 0 aliphatic carbocycles. The summed E-state index contributed by atoms with van der Waals surface area (Å²) in [5.41, 5.74) is 7.05. The molecule has 3 N–H and O–H groups in total. The highest BCUT2D eigenvalue weighted by Crippen LogP contribution is 2.04.